The van der Waals surface area contributed by atoms with Crippen LogP contribution in [-0.2, 0) is 42.7 Å². The number of aromatic nitrogens is 6. The zero-order valence-corrected chi connectivity index (χ0v) is 31.0. The summed E-state index contributed by atoms with van der Waals surface area (Å²) in [7, 11) is 2.76. The van der Waals surface area contributed by atoms with Crippen LogP contribution < -0.4 is 0 Å². The van der Waals surface area contributed by atoms with E-state index in [1.807, 2.05) is 114 Å². The van der Waals surface area contributed by atoms with Crippen molar-refractivity contribution in [3.05, 3.63) is 95.1 Å². The highest BCUT2D eigenvalue weighted by Gasteiger charge is 2.25. The first-order valence-corrected chi connectivity index (χ1v) is 17.1. The van der Waals surface area contributed by atoms with Crippen LogP contribution >= 0.6 is 0 Å². The van der Waals surface area contributed by atoms with Crippen molar-refractivity contribution >= 4 is 34.0 Å². The molecule has 2 aromatic heterocycles. The van der Waals surface area contributed by atoms with Crippen molar-refractivity contribution in [3.63, 3.8) is 0 Å². The number of carbonyl (C=O) groups is 2. The Bertz CT molecular complexity index is 2000. The van der Waals surface area contributed by atoms with Crippen LogP contribution in [0.1, 0.15) is 76.6 Å². The van der Waals surface area contributed by atoms with Crippen molar-refractivity contribution < 1.29 is 29.3 Å². The molecular weight excluding hydrogens is 660 g/mol. The molecule has 6 aromatic rings. The summed E-state index contributed by atoms with van der Waals surface area (Å²) in [5.74, 6) is -0.223. The van der Waals surface area contributed by atoms with Crippen molar-refractivity contribution in [1.29, 1.82) is 0 Å². The van der Waals surface area contributed by atoms with Crippen LogP contribution in [0, 0.1) is 0 Å². The summed E-state index contributed by atoms with van der Waals surface area (Å²) < 4.78 is 9.46. The highest BCUT2D eigenvalue weighted by Crippen LogP contribution is 2.38. The highest BCUT2D eigenvalue weighted by molar-refractivity contribution is 5.75. The summed E-state index contributed by atoms with van der Waals surface area (Å²) in [6.07, 6.45) is 1.59. The van der Waals surface area contributed by atoms with E-state index < -0.39 is 0 Å². The number of phenols is 2. The van der Waals surface area contributed by atoms with Crippen molar-refractivity contribution in [3.8, 4) is 22.9 Å². The summed E-state index contributed by atoms with van der Waals surface area (Å²) in [5, 5.41) is 39.6. The van der Waals surface area contributed by atoms with E-state index in [1.54, 1.807) is 0 Å². The van der Waals surface area contributed by atoms with Gasteiger partial charge in [0.2, 0.25) is 0 Å². The van der Waals surface area contributed by atoms with Gasteiger partial charge in [-0.15, -0.1) is 30.0 Å². The van der Waals surface area contributed by atoms with Gasteiger partial charge in [0.05, 0.1) is 14.2 Å². The zero-order valence-electron chi connectivity index (χ0n) is 31.0. The topological polar surface area (TPSA) is 154 Å². The number of nitrogens with zero attached hydrogens (tertiary/aromatic N) is 6. The van der Waals surface area contributed by atoms with Gasteiger partial charge in [-0.25, -0.2) is 0 Å². The van der Waals surface area contributed by atoms with E-state index in [9.17, 15) is 19.8 Å². The number of carbonyl (C=O) groups excluding carboxylic acids is 2. The third kappa shape index (κ3) is 8.56. The third-order valence-electron chi connectivity index (χ3n) is 8.61. The maximum Gasteiger partial charge on any atom is 0.305 e. The lowest BCUT2D eigenvalue weighted by atomic mass is 9.84. The number of esters is 2. The number of hydrogen-bond donors (Lipinski definition) is 2. The molecule has 0 aliphatic heterocycles. The Morgan fingerprint density at radius 1 is 0.577 bits per heavy atom. The molecule has 0 spiro atoms. The standard InChI is InChI=1S/2C20H23N3O3/c2*1-20(2,3)14-11-13(9-10-18(24)26-4)12-17(19(14)25)23-21-15-7-5-6-8-16(15)22-23/h2*5-8,11-12,25H,9-10H2,1-4H3. The first-order valence-electron chi connectivity index (χ1n) is 17.1. The van der Waals surface area contributed by atoms with Crippen LogP contribution in [0.3, 0.4) is 0 Å². The Labute approximate surface area is 303 Å². The summed E-state index contributed by atoms with van der Waals surface area (Å²) >= 11 is 0. The lowest BCUT2D eigenvalue weighted by Crippen LogP contribution is -2.14. The monoisotopic (exact) mass is 706 g/mol. The fourth-order valence-electron chi connectivity index (χ4n) is 5.72. The number of fused-ring (bicyclic) bond motifs is 2. The SMILES string of the molecule is COC(=O)CCc1cc(-n2nc3ccccc3n2)c(O)c(C(C)(C)C)c1.COC(=O)CCc1cc(-n2nc3ccccc3n2)c(O)c(C(C)(C)C)c1. The van der Waals surface area contributed by atoms with Gasteiger partial charge in [-0.05, 0) is 71.2 Å². The number of rotatable bonds is 8. The largest absolute Gasteiger partial charge is 0.505 e. The average molecular weight is 707 g/mol. The molecule has 12 nitrogen and oxygen atoms in total. The van der Waals surface area contributed by atoms with Crippen LogP contribution in [0.25, 0.3) is 33.4 Å². The van der Waals surface area contributed by atoms with Crippen LogP contribution in [0.15, 0.2) is 72.8 Å². The summed E-state index contributed by atoms with van der Waals surface area (Å²) in [6, 6.07) is 22.6. The Morgan fingerprint density at radius 3 is 1.15 bits per heavy atom. The second-order valence-corrected chi connectivity index (χ2v) is 14.6. The number of hydrogen-bond acceptors (Lipinski definition) is 10. The Balaban J connectivity index is 0.000000201. The number of ether oxygens (including phenoxy) is 2. The van der Waals surface area contributed by atoms with Crippen LogP contribution in [0.4, 0.5) is 0 Å². The molecule has 12 heteroatoms. The molecule has 0 atom stereocenters. The first kappa shape index (κ1) is 37.5. The molecule has 52 heavy (non-hydrogen) atoms. The van der Waals surface area contributed by atoms with Gasteiger partial charge in [-0.2, -0.15) is 0 Å². The predicted molar refractivity (Wildman–Crippen MR) is 199 cm³/mol. The molecule has 0 radical (unpaired) electrons. The van der Waals surface area contributed by atoms with E-state index in [0.29, 0.717) is 24.2 Å². The normalized spacial score (nSPS) is 11.7. The molecule has 2 heterocycles. The number of aromatic hydroxyl groups is 2. The van der Waals surface area contributed by atoms with E-state index in [1.165, 1.54) is 23.8 Å². The second kappa shape index (κ2) is 15.2. The number of benzene rings is 4. The molecule has 2 N–H and O–H groups in total. The quantitative estimate of drug-likeness (QED) is 0.157. The van der Waals surface area contributed by atoms with Gasteiger partial charge >= 0.3 is 11.9 Å². The number of aryl methyl sites for hydroxylation is 2. The van der Waals surface area contributed by atoms with E-state index in [2.05, 4.69) is 20.4 Å². The molecule has 0 bridgehead atoms. The van der Waals surface area contributed by atoms with Gasteiger partial charge < -0.3 is 19.7 Å². The van der Waals surface area contributed by atoms with E-state index in [4.69, 9.17) is 9.47 Å². The Kier molecular flexibility index (Phi) is 11.0. The van der Waals surface area contributed by atoms with Gasteiger partial charge in [0.15, 0.2) is 0 Å². The van der Waals surface area contributed by atoms with E-state index in [0.717, 1.165) is 44.3 Å². The van der Waals surface area contributed by atoms with Gasteiger partial charge in [0, 0.05) is 24.0 Å². The molecule has 0 saturated heterocycles. The molecule has 6 rings (SSSR count). The predicted octanol–water partition coefficient (Wildman–Crippen LogP) is 7.06. The maximum atomic E-state index is 11.5. The smallest absolute Gasteiger partial charge is 0.305 e. The fraction of sp³-hybridized carbons (Fsp3) is 0.350. The Hall–Kier alpha value is -5.78. The highest BCUT2D eigenvalue weighted by atomic mass is 16.5. The van der Waals surface area contributed by atoms with Crippen molar-refractivity contribution in [2.45, 2.75) is 78.1 Å². The van der Waals surface area contributed by atoms with Crippen molar-refractivity contribution in [2.75, 3.05) is 14.2 Å². The number of phenolic OH excluding ortho intramolecular Hbond substituents is 2. The van der Waals surface area contributed by atoms with E-state index >= 15 is 0 Å². The summed E-state index contributed by atoms with van der Waals surface area (Å²) in [5.41, 5.74) is 6.92. The molecule has 0 amide bonds. The van der Waals surface area contributed by atoms with Crippen LogP contribution in [0.2, 0.25) is 0 Å². The summed E-state index contributed by atoms with van der Waals surface area (Å²) in [6.45, 7) is 12.2. The minimum absolute atomic E-state index is 0.152. The van der Waals surface area contributed by atoms with Gasteiger partial charge in [-0.1, -0.05) is 77.9 Å². The van der Waals surface area contributed by atoms with Crippen LogP contribution in [-0.4, -0.2) is 66.4 Å². The van der Waals surface area contributed by atoms with Crippen molar-refractivity contribution in [1.82, 2.24) is 30.0 Å². The lowest BCUT2D eigenvalue weighted by Gasteiger charge is -2.23. The number of methoxy groups -OCH3 is 2. The Morgan fingerprint density at radius 2 is 0.885 bits per heavy atom. The maximum absolute atomic E-state index is 11.5. The van der Waals surface area contributed by atoms with Gasteiger partial charge in [-0.3, -0.25) is 9.59 Å². The first-order chi connectivity index (χ1) is 24.6. The molecule has 0 fully saturated rings. The molecule has 0 unspecified atom stereocenters. The minimum Gasteiger partial charge on any atom is -0.505 e. The van der Waals surface area contributed by atoms with Gasteiger partial charge in [0.1, 0.15) is 44.9 Å². The molecule has 0 aliphatic rings. The third-order valence-corrected chi connectivity index (χ3v) is 8.61. The second-order valence-electron chi connectivity index (χ2n) is 14.6. The van der Waals surface area contributed by atoms with Crippen LogP contribution in [0.5, 0.6) is 11.5 Å². The zero-order chi connectivity index (χ0) is 37.8. The van der Waals surface area contributed by atoms with Gasteiger partial charge in [0.25, 0.3) is 0 Å². The molecule has 0 saturated carbocycles. The lowest BCUT2D eigenvalue weighted by molar-refractivity contribution is -0.141. The van der Waals surface area contributed by atoms with E-state index in [-0.39, 0.29) is 47.1 Å². The average Bonchev–Trinajstić information content (AvgIpc) is 3.74. The summed E-state index contributed by atoms with van der Waals surface area (Å²) in [4.78, 5) is 25.9. The molecular formula is C40H46N6O6. The molecule has 4 aromatic carbocycles. The fourth-order valence-corrected chi connectivity index (χ4v) is 5.72. The van der Waals surface area contributed by atoms with Crippen molar-refractivity contribution in [2.24, 2.45) is 0 Å². The molecule has 0 aliphatic carbocycles. The molecule has 272 valence electrons. The minimum atomic E-state index is -0.271.